The third-order valence-corrected chi connectivity index (χ3v) is 8.89. The first kappa shape index (κ1) is 29.1. The predicted molar refractivity (Wildman–Crippen MR) is 205 cm³/mol. The molecule has 1 aliphatic carbocycles. The number of fused-ring (bicyclic) bond motifs is 4. The largest absolute Gasteiger partial charge is 0.310 e. The molecule has 0 saturated carbocycles. The average molecular weight is 647 g/mol. The van der Waals surface area contributed by atoms with E-state index in [0.29, 0.717) is 11.4 Å². The van der Waals surface area contributed by atoms with E-state index in [1.165, 1.54) is 10.8 Å². The van der Waals surface area contributed by atoms with Gasteiger partial charge in [-0.25, -0.2) is 0 Å². The van der Waals surface area contributed by atoms with Crippen molar-refractivity contribution in [2.45, 2.75) is 0 Å². The minimum Gasteiger partial charge on any atom is -0.310 e. The van der Waals surface area contributed by atoms with Crippen LogP contribution in [0, 0.1) is 5.41 Å². The van der Waals surface area contributed by atoms with E-state index < -0.39 is 0 Å². The van der Waals surface area contributed by atoms with Crippen molar-refractivity contribution in [1.29, 1.82) is 5.41 Å². The Bertz CT molecular complexity index is 2590. The molecule has 8 heteroatoms. The van der Waals surface area contributed by atoms with Gasteiger partial charge in [0.05, 0.1) is 28.1 Å². The van der Waals surface area contributed by atoms with Crippen LogP contribution in [-0.4, -0.2) is 31.0 Å². The van der Waals surface area contributed by atoms with Gasteiger partial charge < -0.3 is 9.47 Å². The summed E-state index contributed by atoms with van der Waals surface area (Å²) in [5.74, 6) is 0. The van der Waals surface area contributed by atoms with E-state index in [0.717, 1.165) is 56.2 Å². The van der Waals surface area contributed by atoms with Crippen LogP contribution in [0.4, 0.5) is 22.7 Å². The first-order valence-electron chi connectivity index (χ1n) is 16.4. The predicted octanol–water partition coefficient (Wildman–Crippen LogP) is 9.90. The lowest BCUT2D eigenvalue weighted by molar-refractivity contribution is 0.766. The second-order valence-electron chi connectivity index (χ2n) is 12.0. The number of benzene rings is 6. The van der Waals surface area contributed by atoms with E-state index in [1.54, 1.807) is 10.9 Å². The van der Waals surface area contributed by atoms with Crippen LogP contribution in [0.1, 0.15) is 0 Å². The Morgan fingerprint density at radius 3 is 1.92 bits per heavy atom. The van der Waals surface area contributed by atoms with Gasteiger partial charge in [0.15, 0.2) is 0 Å². The van der Waals surface area contributed by atoms with Crippen LogP contribution in [0.25, 0.3) is 44.2 Å². The molecule has 0 fully saturated rings. The van der Waals surface area contributed by atoms with Crippen molar-refractivity contribution in [3.63, 3.8) is 0 Å². The number of allylic oxidation sites excluding steroid dienone is 4. The van der Waals surface area contributed by atoms with Gasteiger partial charge in [-0.2, -0.15) is 9.90 Å². The summed E-state index contributed by atoms with van der Waals surface area (Å²) in [6.45, 7) is 0. The second-order valence-corrected chi connectivity index (χ2v) is 12.0. The maximum atomic E-state index is 8.12. The van der Waals surface area contributed by atoms with Gasteiger partial charge in [-0.1, -0.05) is 60.7 Å². The third kappa shape index (κ3) is 5.21. The molecule has 0 atom stereocenters. The lowest BCUT2D eigenvalue weighted by Crippen LogP contribution is -2.12. The van der Waals surface area contributed by atoms with Gasteiger partial charge >= 0.3 is 0 Å². The Morgan fingerprint density at radius 2 is 1.18 bits per heavy atom. The molecule has 0 amide bonds. The maximum Gasteiger partial charge on any atom is 0.113 e. The quantitative estimate of drug-likeness (QED) is 0.133. The lowest BCUT2D eigenvalue weighted by atomic mass is 10.1. The average Bonchev–Trinajstić information content (AvgIpc) is 3.75. The molecule has 6 aromatic carbocycles. The van der Waals surface area contributed by atoms with Crippen molar-refractivity contribution in [2.24, 2.45) is 5.10 Å². The lowest BCUT2D eigenvalue weighted by Gasteiger charge is -2.26. The van der Waals surface area contributed by atoms with Gasteiger partial charge in [-0.15, -0.1) is 10.2 Å². The minimum absolute atomic E-state index is 0.369. The van der Waals surface area contributed by atoms with Crippen LogP contribution in [0.5, 0.6) is 0 Å². The number of para-hydroxylation sites is 2. The zero-order valence-corrected chi connectivity index (χ0v) is 26.8. The van der Waals surface area contributed by atoms with Gasteiger partial charge in [0.1, 0.15) is 16.7 Å². The van der Waals surface area contributed by atoms with Crippen LogP contribution in [0.3, 0.4) is 0 Å². The summed E-state index contributed by atoms with van der Waals surface area (Å²) in [7, 11) is 0. The fourth-order valence-corrected chi connectivity index (χ4v) is 6.49. The van der Waals surface area contributed by atoms with Crippen LogP contribution >= 0.6 is 0 Å². The summed E-state index contributed by atoms with van der Waals surface area (Å²) >= 11 is 0. The number of hydrazone groups is 1. The highest BCUT2D eigenvalue weighted by atomic mass is 15.5. The van der Waals surface area contributed by atoms with Crippen molar-refractivity contribution in [2.75, 3.05) is 10.3 Å². The zero-order valence-electron chi connectivity index (χ0n) is 26.8. The Hall–Kier alpha value is -7.06. The summed E-state index contributed by atoms with van der Waals surface area (Å²) in [6.07, 6.45) is 7.26. The van der Waals surface area contributed by atoms with Crippen LogP contribution in [-0.2, 0) is 0 Å². The summed E-state index contributed by atoms with van der Waals surface area (Å²) in [5.41, 5.74) is 13.9. The van der Waals surface area contributed by atoms with Crippen LogP contribution < -0.4 is 10.3 Å². The topological polar surface area (TPSA) is 87.1 Å². The van der Waals surface area contributed by atoms with Crippen molar-refractivity contribution < 1.29 is 0 Å². The maximum absolute atomic E-state index is 8.12. The van der Waals surface area contributed by atoms with Crippen molar-refractivity contribution in [1.82, 2.24) is 19.6 Å². The summed E-state index contributed by atoms with van der Waals surface area (Å²) < 4.78 is 2.33. The van der Waals surface area contributed by atoms with E-state index in [4.69, 9.17) is 5.41 Å². The van der Waals surface area contributed by atoms with Gasteiger partial charge in [0.2, 0.25) is 0 Å². The van der Waals surface area contributed by atoms with E-state index in [-0.39, 0.29) is 0 Å². The highest BCUT2D eigenvalue weighted by Gasteiger charge is 2.18. The fraction of sp³-hybridized carbons (Fsp3) is 0. The fourth-order valence-electron chi connectivity index (χ4n) is 6.49. The van der Waals surface area contributed by atoms with Gasteiger partial charge in [-0.05, 0) is 109 Å². The minimum atomic E-state index is 0.369. The zero-order chi connectivity index (χ0) is 33.4. The summed E-state index contributed by atoms with van der Waals surface area (Å²) in [5, 5.41) is 24.3. The Kier molecular flexibility index (Phi) is 7.10. The van der Waals surface area contributed by atoms with Crippen molar-refractivity contribution in [3.8, 4) is 11.4 Å². The molecular weight excluding hydrogens is 617 g/mol. The summed E-state index contributed by atoms with van der Waals surface area (Å²) in [4.78, 5) is 3.94. The molecule has 0 aliphatic heterocycles. The normalized spacial score (nSPS) is 13.5. The molecule has 2 aromatic heterocycles. The number of hydrogen-bond donors (Lipinski definition) is 2. The number of rotatable bonds is 7. The number of nitrogens with one attached hydrogen (secondary N) is 2. The molecule has 50 heavy (non-hydrogen) atoms. The van der Waals surface area contributed by atoms with E-state index in [9.17, 15) is 0 Å². The van der Waals surface area contributed by atoms with Crippen LogP contribution in [0.2, 0.25) is 0 Å². The van der Waals surface area contributed by atoms with Gasteiger partial charge in [0, 0.05) is 33.5 Å². The van der Waals surface area contributed by atoms with Crippen molar-refractivity contribution >= 4 is 67.0 Å². The van der Waals surface area contributed by atoms with E-state index in [1.807, 2.05) is 72.8 Å². The highest BCUT2D eigenvalue weighted by molar-refractivity contribution is 6.50. The SMILES string of the molecule is N=C1C=CC=C/C1=N/Nc1ccc(N(c2ccc(-n3nc4ccccc4n3)cc2)c2ccc3c(c2)c2ccccc2n3-c2ccccc2)cc1. The highest BCUT2D eigenvalue weighted by Crippen LogP contribution is 2.40. The molecule has 238 valence electrons. The standard InChI is InChI=1S/C42H30N8/c43-37-13-5-6-14-38(37)45-44-29-18-20-31(21-19-29)48(32-22-24-33(25-23-32)50-46-39-15-7-8-16-40(39)47-50)34-26-27-42-36(28-34)35-12-4-9-17-41(35)49(42)30-10-2-1-3-11-30/h1-28,43-44H/b43-37?,45-38-. The molecule has 2 N–H and O–H groups in total. The second kappa shape index (κ2) is 12.2. The van der Waals surface area contributed by atoms with Crippen molar-refractivity contribution in [3.05, 3.63) is 170 Å². The first-order chi connectivity index (χ1) is 24.7. The molecule has 0 spiro atoms. The Balaban J connectivity index is 1.14. The molecule has 0 saturated heterocycles. The number of anilines is 4. The Labute approximate surface area is 288 Å². The molecule has 0 bridgehead atoms. The van der Waals surface area contributed by atoms with E-state index in [2.05, 4.69) is 121 Å². The molecule has 9 rings (SSSR count). The Morgan fingerprint density at radius 1 is 0.560 bits per heavy atom. The van der Waals surface area contributed by atoms with Gasteiger partial charge in [-0.3, -0.25) is 10.8 Å². The molecular formula is C42H30N8. The third-order valence-electron chi connectivity index (χ3n) is 8.89. The molecule has 2 heterocycles. The molecule has 8 nitrogen and oxygen atoms in total. The molecule has 8 aromatic rings. The first-order valence-corrected chi connectivity index (χ1v) is 16.4. The smallest absolute Gasteiger partial charge is 0.113 e. The number of nitrogens with zero attached hydrogens (tertiary/aromatic N) is 6. The van der Waals surface area contributed by atoms with Crippen LogP contribution in [0.15, 0.2) is 175 Å². The number of aromatic nitrogens is 4. The summed E-state index contributed by atoms with van der Waals surface area (Å²) in [6, 6.07) is 50.1. The molecule has 0 radical (unpaired) electrons. The monoisotopic (exact) mass is 646 g/mol. The van der Waals surface area contributed by atoms with Gasteiger partial charge in [0.25, 0.3) is 0 Å². The van der Waals surface area contributed by atoms with E-state index >= 15 is 0 Å². The molecule has 1 aliphatic rings. The number of hydrogen-bond acceptors (Lipinski definition) is 6. The molecule has 0 unspecified atom stereocenters.